The monoisotopic (exact) mass is 255 g/mol. The Balaban J connectivity index is 2.47. The molecule has 0 amide bonds. The molecule has 1 aliphatic rings. The van der Waals surface area contributed by atoms with Gasteiger partial charge in [0.1, 0.15) is 5.60 Å². The molecule has 0 aromatic heterocycles. The molecule has 1 atom stereocenters. The van der Waals surface area contributed by atoms with E-state index < -0.39 is 0 Å². The lowest BCUT2D eigenvalue weighted by atomic mass is 9.84. The average Bonchev–Trinajstić information content (AvgIpc) is 2.51. The lowest BCUT2D eigenvalue weighted by Gasteiger charge is -2.26. The van der Waals surface area contributed by atoms with Gasteiger partial charge >= 0.3 is 5.97 Å². The van der Waals surface area contributed by atoms with Gasteiger partial charge in [0.25, 0.3) is 0 Å². The third kappa shape index (κ3) is 5.85. The quantitative estimate of drug-likeness (QED) is 0.619. The molecule has 1 aliphatic carbocycles. The minimum atomic E-state index is -0.389. The molecule has 0 aliphatic heterocycles. The highest BCUT2D eigenvalue weighted by molar-refractivity contribution is 5.70. The first-order valence-corrected chi connectivity index (χ1v) is 7.34. The Bertz CT molecular complexity index is 250. The molecular weight excluding hydrogens is 226 g/mol. The zero-order valence-corrected chi connectivity index (χ0v) is 12.2. The van der Waals surface area contributed by atoms with E-state index in [2.05, 4.69) is 0 Å². The highest BCUT2D eigenvalue weighted by Crippen LogP contribution is 2.30. The van der Waals surface area contributed by atoms with Gasteiger partial charge in [0.2, 0.25) is 0 Å². The maximum atomic E-state index is 11.9. The molecule has 0 bridgehead atoms. The van der Waals surface area contributed by atoms with Gasteiger partial charge in [-0.25, -0.2) is 0 Å². The molecule has 0 aromatic carbocycles. The smallest absolute Gasteiger partial charge is 0.306 e. The van der Waals surface area contributed by atoms with Crippen LogP contribution >= 0.6 is 0 Å². The topological polar surface area (TPSA) is 52.3 Å². The molecule has 1 rings (SSSR count). The summed E-state index contributed by atoms with van der Waals surface area (Å²) in [5.41, 5.74) is 5.47. The molecule has 1 saturated carbocycles. The molecule has 0 heterocycles. The normalized spacial score (nSPS) is 20.2. The Hall–Kier alpha value is -0.570. The van der Waals surface area contributed by atoms with Gasteiger partial charge in [-0.1, -0.05) is 38.5 Å². The third-order valence-electron chi connectivity index (χ3n) is 3.72. The van der Waals surface area contributed by atoms with Crippen molar-refractivity contribution < 1.29 is 9.53 Å². The van der Waals surface area contributed by atoms with E-state index in [1.807, 2.05) is 20.8 Å². The second kappa shape index (κ2) is 7.13. The highest BCUT2D eigenvalue weighted by Gasteiger charge is 2.26. The summed E-state index contributed by atoms with van der Waals surface area (Å²) in [4.78, 5) is 11.9. The van der Waals surface area contributed by atoms with Crippen molar-refractivity contribution in [3.05, 3.63) is 0 Å². The molecule has 1 fully saturated rings. The number of hydrogen-bond donors (Lipinski definition) is 1. The Morgan fingerprint density at radius 1 is 1.22 bits per heavy atom. The fraction of sp³-hybridized carbons (Fsp3) is 0.933. The van der Waals surface area contributed by atoms with Gasteiger partial charge in [0, 0.05) is 6.42 Å². The molecule has 0 unspecified atom stereocenters. The summed E-state index contributed by atoms with van der Waals surface area (Å²) in [6, 6.07) is 0. The van der Waals surface area contributed by atoms with Crippen LogP contribution < -0.4 is 5.73 Å². The van der Waals surface area contributed by atoms with Gasteiger partial charge in [0.05, 0.1) is 0 Å². The van der Waals surface area contributed by atoms with E-state index in [0.29, 0.717) is 24.8 Å². The van der Waals surface area contributed by atoms with E-state index in [9.17, 15) is 4.79 Å². The van der Waals surface area contributed by atoms with E-state index in [1.54, 1.807) is 0 Å². The summed E-state index contributed by atoms with van der Waals surface area (Å²) in [6.45, 7) is 6.33. The Morgan fingerprint density at radius 2 is 1.78 bits per heavy atom. The van der Waals surface area contributed by atoms with E-state index in [4.69, 9.17) is 10.5 Å². The number of rotatable bonds is 4. The summed E-state index contributed by atoms with van der Waals surface area (Å²) < 4.78 is 5.40. The van der Waals surface area contributed by atoms with Crippen molar-refractivity contribution in [2.24, 2.45) is 17.6 Å². The summed E-state index contributed by atoms with van der Waals surface area (Å²) in [5, 5.41) is 0. The fourth-order valence-electron chi connectivity index (χ4n) is 2.82. The fourth-order valence-corrected chi connectivity index (χ4v) is 2.82. The summed E-state index contributed by atoms with van der Waals surface area (Å²) in [7, 11) is 0. The van der Waals surface area contributed by atoms with Crippen LogP contribution in [0.2, 0.25) is 0 Å². The lowest BCUT2D eigenvalue weighted by molar-refractivity contribution is -0.156. The number of hydrogen-bond acceptors (Lipinski definition) is 3. The van der Waals surface area contributed by atoms with Crippen molar-refractivity contribution >= 4 is 5.97 Å². The van der Waals surface area contributed by atoms with Gasteiger partial charge < -0.3 is 10.5 Å². The van der Waals surface area contributed by atoms with E-state index in [1.165, 1.54) is 38.5 Å². The van der Waals surface area contributed by atoms with E-state index in [-0.39, 0.29) is 11.6 Å². The molecule has 3 nitrogen and oxygen atoms in total. The molecule has 0 spiro atoms. The number of esters is 1. The summed E-state index contributed by atoms with van der Waals surface area (Å²) in [5.74, 6) is 0.824. The molecule has 2 N–H and O–H groups in total. The van der Waals surface area contributed by atoms with Crippen molar-refractivity contribution in [3.8, 4) is 0 Å². The van der Waals surface area contributed by atoms with Crippen LogP contribution in [-0.2, 0) is 9.53 Å². The molecule has 106 valence electrons. The van der Waals surface area contributed by atoms with E-state index >= 15 is 0 Å². The molecule has 0 saturated heterocycles. The summed E-state index contributed by atoms with van der Waals surface area (Å²) >= 11 is 0. The van der Waals surface area contributed by atoms with Crippen LogP contribution in [0.25, 0.3) is 0 Å². The van der Waals surface area contributed by atoms with Crippen molar-refractivity contribution in [1.29, 1.82) is 0 Å². The zero-order valence-electron chi connectivity index (χ0n) is 12.2. The van der Waals surface area contributed by atoms with E-state index in [0.717, 1.165) is 0 Å². The minimum Gasteiger partial charge on any atom is -0.460 e. The van der Waals surface area contributed by atoms with Gasteiger partial charge in [-0.3, -0.25) is 4.79 Å². The number of carbonyl (C=O) groups is 1. The van der Waals surface area contributed by atoms with Crippen LogP contribution in [0.1, 0.15) is 65.7 Å². The lowest BCUT2D eigenvalue weighted by Crippen LogP contribution is -2.30. The minimum absolute atomic E-state index is 0.0952. The maximum Gasteiger partial charge on any atom is 0.306 e. The van der Waals surface area contributed by atoms with Crippen molar-refractivity contribution in [2.45, 2.75) is 71.3 Å². The van der Waals surface area contributed by atoms with Crippen LogP contribution in [0.15, 0.2) is 0 Å². The second-order valence-electron chi connectivity index (χ2n) is 6.54. The van der Waals surface area contributed by atoms with Crippen LogP contribution in [0.4, 0.5) is 0 Å². The van der Waals surface area contributed by atoms with Gasteiger partial charge in [-0.2, -0.15) is 0 Å². The van der Waals surface area contributed by atoms with Crippen molar-refractivity contribution in [2.75, 3.05) is 6.54 Å². The number of nitrogens with two attached hydrogens (primary N) is 1. The Morgan fingerprint density at radius 3 is 2.22 bits per heavy atom. The first-order chi connectivity index (χ1) is 8.42. The Kier molecular flexibility index (Phi) is 6.13. The average molecular weight is 255 g/mol. The third-order valence-corrected chi connectivity index (χ3v) is 3.72. The van der Waals surface area contributed by atoms with Crippen molar-refractivity contribution in [3.63, 3.8) is 0 Å². The standard InChI is InChI=1S/C15H29NO2/c1-15(2,3)18-14(17)10-13(11-16)12-8-6-4-5-7-9-12/h12-13H,4-11,16H2,1-3H3/t13-/m0/s1. The maximum absolute atomic E-state index is 11.9. The molecule has 0 radical (unpaired) electrons. The van der Waals surface area contributed by atoms with Crippen molar-refractivity contribution in [1.82, 2.24) is 0 Å². The van der Waals surface area contributed by atoms with Gasteiger partial charge in [-0.05, 0) is 39.2 Å². The predicted molar refractivity (Wildman–Crippen MR) is 74.2 cm³/mol. The number of ether oxygens (including phenoxy) is 1. The molecule has 3 heteroatoms. The SMILES string of the molecule is CC(C)(C)OC(=O)C[C@@H](CN)C1CCCCCC1. The first-order valence-electron chi connectivity index (χ1n) is 7.34. The molecule has 18 heavy (non-hydrogen) atoms. The zero-order chi connectivity index (χ0) is 13.6. The molecular formula is C15H29NO2. The van der Waals surface area contributed by atoms with Crippen LogP contribution in [0.3, 0.4) is 0 Å². The highest BCUT2D eigenvalue weighted by atomic mass is 16.6. The Labute approximate surface area is 111 Å². The summed E-state index contributed by atoms with van der Waals surface area (Å²) in [6.07, 6.45) is 8.18. The molecule has 0 aromatic rings. The second-order valence-corrected chi connectivity index (χ2v) is 6.54. The van der Waals surface area contributed by atoms with Gasteiger partial charge in [-0.15, -0.1) is 0 Å². The van der Waals surface area contributed by atoms with Crippen LogP contribution in [-0.4, -0.2) is 18.1 Å². The predicted octanol–water partition coefficient (Wildman–Crippen LogP) is 3.26. The van der Waals surface area contributed by atoms with Crippen LogP contribution in [0.5, 0.6) is 0 Å². The van der Waals surface area contributed by atoms with Crippen LogP contribution in [0, 0.1) is 11.8 Å². The number of carbonyl (C=O) groups excluding carboxylic acids is 1. The van der Waals surface area contributed by atoms with Gasteiger partial charge in [0.15, 0.2) is 0 Å². The largest absolute Gasteiger partial charge is 0.460 e. The first kappa shape index (κ1) is 15.5.